The van der Waals surface area contributed by atoms with Crippen LogP contribution in [0.25, 0.3) is 0 Å². The zero-order valence-electron chi connectivity index (χ0n) is 16.0. The minimum Gasteiger partial charge on any atom is -0.494 e. The lowest BCUT2D eigenvalue weighted by Gasteiger charge is -2.08. The van der Waals surface area contributed by atoms with Crippen LogP contribution in [0.4, 0.5) is 0 Å². The maximum atomic E-state index is 12.3. The number of hydrogen-bond donors (Lipinski definition) is 0. The first kappa shape index (κ1) is 20.0. The molecule has 0 fully saturated rings. The van der Waals surface area contributed by atoms with E-state index in [0.29, 0.717) is 11.3 Å². The van der Waals surface area contributed by atoms with E-state index in [1.54, 1.807) is 12.1 Å². The van der Waals surface area contributed by atoms with Gasteiger partial charge in [0.2, 0.25) is 0 Å². The lowest BCUT2D eigenvalue weighted by atomic mass is 10.1. The zero-order chi connectivity index (χ0) is 18.6. The fourth-order valence-corrected chi connectivity index (χ4v) is 2.70. The topological polar surface area (TPSA) is 35.5 Å². The number of carbonyl (C=O) groups excluding carboxylic acids is 1. The molecule has 0 aromatic heterocycles. The molecule has 0 amide bonds. The molecule has 0 aliphatic rings. The first-order chi connectivity index (χ1) is 12.7. The quantitative estimate of drug-likeness (QED) is 0.273. The van der Waals surface area contributed by atoms with Crippen LogP contribution in [0.2, 0.25) is 0 Å². The van der Waals surface area contributed by atoms with Gasteiger partial charge in [-0.2, -0.15) is 0 Å². The van der Waals surface area contributed by atoms with Crippen molar-refractivity contribution in [3.8, 4) is 11.5 Å². The Hall–Kier alpha value is -2.29. The molecule has 0 N–H and O–H groups in total. The van der Waals surface area contributed by atoms with E-state index in [-0.39, 0.29) is 5.97 Å². The molecule has 0 bridgehead atoms. The number of ether oxygens (including phenoxy) is 2. The minimum atomic E-state index is -0.332. The van der Waals surface area contributed by atoms with Crippen molar-refractivity contribution >= 4 is 5.97 Å². The smallest absolute Gasteiger partial charge is 0.343 e. The predicted octanol–water partition coefficient (Wildman–Crippen LogP) is 6.21. The van der Waals surface area contributed by atoms with Crippen LogP contribution in [0.3, 0.4) is 0 Å². The lowest BCUT2D eigenvalue weighted by Crippen LogP contribution is -2.08. The van der Waals surface area contributed by atoms with E-state index >= 15 is 0 Å². The minimum absolute atomic E-state index is 0.332. The summed E-state index contributed by atoms with van der Waals surface area (Å²) in [4.78, 5) is 12.3. The molecule has 0 heterocycles. The Kier molecular flexibility index (Phi) is 8.74. The molecule has 2 rings (SSSR count). The Balaban J connectivity index is 1.83. The van der Waals surface area contributed by atoms with Crippen LogP contribution in [-0.2, 0) is 6.42 Å². The van der Waals surface area contributed by atoms with Crippen molar-refractivity contribution < 1.29 is 14.3 Å². The van der Waals surface area contributed by atoms with Gasteiger partial charge in [-0.3, -0.25) is 0 Å². The predicted molar refractivity (Wildman–Crippen MR) is 106 cm³/mol. The summed E-state index contributed by atoms with van der Waals surface area (Å²) in [6, 6.07) is 14.9. The van der Waals surface area contributed by atoms with Crippen LogP contribution in [0.5, 0.6) is 11.5 Å². The Bertz CT molecular complexity index is 644. The van der Waals surface area contributed by atoms with Crippen LogP contribution in [-0.4, -0.2) is 12.6 Å². The fraction of sp³-hybridized carbons (Fsp3) is 0.435. The summed E-state index contributed by atoms with van der Waals surface area (Å²) in [5.74, 6) is 1.00. The molecule has 0 saturated carbocycles. The van der Waals surface area contributed by atoms with Crippen molar-refractivity contribution in [1.82, 2.24) is 0 Å². The van der Waals surface area contributed by atoms with Crippen molar-refractivity contribution in [3.63, 3.8) is 0 Å². The molecule has 0 aliphatic heterocycles. The largest absolute Gasteiger partial charge is 0.494 e. The van der Waals surface area contributed by atoms with Gasteiger partial charge < -0.3 is 9.47 Å². The van der Waals surface area contributed by atoms with Crippen molar-refractivity contribution in [3.05, 3.63) is 59.7 Å². The van der Waals surface area contributed by atoms with Crippen molar-refractivity contribution in [2.24, 2.45) is 0 Å². The van der Waals surface area contributed by atoms with Crippen molar-refractivity contribution in [2.45, 2.75) is 58.8 Å². The van der Waals surface area contributed by atoms with Crippen LogP contribution in [0, 0.1) is 0 Å². The number of carbonyl (C=O) groups is 1. The van der Waals surface area contributed by atoms with Gasteiger partial charge in [0.1, 0.15) is 11.5 Å². The molecular formula is C23H30O3. The molecule has 0 aliphatic carbocycles. The first-order valence-electron chi connectivity index (χ1n) is 9.77. The highest BCUT2D eigenvalue weighted by Gasteiger charge is 2.08. The molecule has 0 unspecified atom stereocenters. The summed E-state index contributed by atoms with van der Waals surface area (Å²) in [5.41, 5.74) is 1.84. The third kappa shape index (κ3) is 6.91. The summed E-state index contributed by atoms with van der Waals surface area (Å²) in [6.45, 7) is 5.09. The number of aryl methyl sites for hydroxylation is 1. The maximum absolute atomic E-state index is 12.3. The van der Waals surface area contributed by atoms with E-state index in [4.69, 9.17) is 9.47 Å². The van der Waals surface area contributed by atoms with Gasteiger partial charge in [0.25, 0.3) is 0 Å². The van der Waals surface area contributed by atoms with Gasteiger partial charge >= 0.3 is 5.97 Å². The number of esters is 1. The van der Waals surface area contributed by atoms with E-state index in [0.717, 1.165) is 25.2 Å². The third-order valence-corrected chi connectivity index (χ3v) is 4.31. The van der Waals surface area contributed by atoms with Gasteiger partial charge in [0, 0.05) is 0 Å². The number of rotatable bonds is 11. The SMILES string of the molecule is CCCCCOc1ccc(OC(=O)c2ccc(CCCCC)cc2)cc1. The van der Waals surface area contributed by atoms with Gasteiger partial charge in [-0.05, 0) is 61.2 Å². The summed E-state index contributed by atoms with van der Waals surface area (Å²) >= 11 is 0. The standard InChI is InChI=1S/C23H30O3/c1-3-5-7-9-19-10-12-20(13-11-19)23(24)26-22-16-14-21(15-17-22)25-18-8-6-4-2/h10-17H,3-9,18H2,1-2H3. The average molecular weight is 354 g/mol. The van der Waals surface area contributed by atoms with Gasteiger partial charge in [0.05, 0.1) is 12.2 Å². The van der Waals surface area contributed by atoms with Crippen molar-refractivity contribution in [2.75, 3.05) is 6.61 Å². The second-order valence-electron chi connectivity index (χ2n) is 6.57. The number of benzene rings is 2. The molecule has 3 heteroatoms. The molecule has 140 valence electrons. The van der Waals surface area contributed by atoms with E-state index in [1.165, 1.54) is 37.7 Å². The molecule has 26 heavy (non-hydrogen) atoms. The van der Waals surface area contributed by atoms with E-state index in [2.05, 4.69) is 13.8 Å². The van der Waals surface area contributed by atoms with Crippen LogP contribution >= 0.6 is 0 Å². The monoisotopic (exact) mass is 354 g/mol. The maximum Gasteiger partial charge on any atom is 0.343 e. The molecule has 0 radical (unpaired) electrons. The Morgan fingerprint density at radius 3 is 2.04 bits per heavy atom. The summed E-state index contributed by atoms with van der Waals surface area (Å²) in [5, 5.41) is 0. The number of unbranched alkanes of at least 4 members (excludes halogenated alkanes) is 4. The highest BCUT2D eigenvalue weighted by Crippen LogP contribution is 2.19. The molecular weight excluding hydrogens is 324 g/mol. The molecule has 3 nitrogen and oxygen atoms in total. The first-order valence-corrected chi connectivity index (χ1v) is 9.77. The Labute approximate surface area is 157 Å². The normalized spacial score (nSPS) is 10.5. The second-order valence-corrected chi connectivity index (χ2v) is 6.57. The van der Waals surface area contributed by atoms with Gasteiger partial charge in [-0.25, -0.2) is 4.79 Å². The summed E-state index contributed by atoms with van der Waals surface area (Å²) in [7, 11) is 0. The summed E-state index contributed by atoms with van der Waals surface area (Å²) in [6.07, 6.45) is 8.11. The summed E-state index contributed by atoms with van der Waals surface area (Å²) < 4.78 is 11.1. The van der Waals surface area contributed by atoms with Crippen LogP contribution < -0.4 is 9.47 Å². The zero-order valence-corrected chi connectivity index (χ0v) is 16.0. The highest BCUT2D eigenvalue weighted by atomic mass is 16.5. The number of hydrogen-bond acceptors (Lipinski definition) is 3. The molecule has 2 aromatic carbocycles. The highest BCUT2D eigenvalue weighted by molar-refractivity contribution is 5.91. The molecule has 2 aromatic rings. The van der Waals surface area contributed by atoms with E-state index < -0.39 is 0 Å². The molecule has 0 saturated heterocycles. The lowest BCUT2D eigenvalue weighted by molar-refractivity contribution is 0.0734. The van der Waals surface area contributed by atoms with Crippen LogP contribution in [0.1, 0.15) is 68.3 Å². The molecule has 0 atom stereocenters. The van der Waals surface area contributed by atoms with Crippen molar-refractivity contribution in [1.29, 1.82) is 0 Å². The second kappa shape index (κ2) is 11.3. The fourth-order valence-electron chi connectivity index (χ4n) is 2.70. The van der Waals surface area contributed by atoms with Gasteiger partial charge in [0.15, 0.2) is 0 Å². The molecule has 0 spiro atoms. The average Bonchev–Trinajstić information content (AvgIpc) is 2.67. The Morgan fingerprint density at radius 1 is 0.769 bits per heavy atom. The van der Waals surface area contributed by atoms with Crippen LogP contribution in [0.15, 0.2) is 48.5 Å². The van der Waals surface area contributed by atoms with Gasteiger partial charge in [-0.15, -0.1) is 0 Å². The van der Waals surface area contributed by atoms with E-state index in [9.17, 15) is 4.79 Å². The van der Waals surface area contributed by atoms with Gasteiger partial charge in [-0.1, -0.05) is 51.7 Å². The third-order valence-electron chi connectivity index (χ3n) is 4.31. The van der Waals surface area contributed by atoms with E-state index in [1.807, 2.05) is 36.4 Å². The Morgan fingerprint density at radius 2 is 1.38 bits per heavy atom.